The van der Waals surface area contributed by atoms with E-state index in [1.807, 2.05) is 0 Å². The SMILES string of the molecule is C[C@H]1CCCC[C@@H]1OO. The van der Waals surface area contributed by atoms with Crippen LogP contribution in [0, 0.1) is 5.92 Å². The van der Waals surface area contributed by atoms with Gasteiger partial charge in [-0.15, -0.1) is 0 Å². The lowest BCUT2D eigenvalue weighted by atomic mass is 9.88. The Kier molecular flexibility index (Phi) is 2.49. The van der Waals surface area contributed by atoms with Gasteiger partial charge in [0.15, 0.2) is 0 Å². The van der Waals surface area contributed by atoms with Crippen molar-refractivity contribution in [3.8, 4) is 0 Å². The molecule has 54 valence electrons. The second-order valence-electron chi connectivity index (χ2n) is 2.91. The first-order valence-electron chi connectivity index (χ1n) is 3.65. The van der Waals surface area contributed by atoms with Gasteiger partial charge in [-0.3, -0.25) is 5.26 Å². The molecule has 2 heteroatoms. The molecular formula is C7H14O2. The molecule has 0 radical (unpaired) electrons. The predicted molar refractivity (Wildman–Crippen MR) is 35.1 cm³/mol. The minimum atomic E-state index is 0.110. The summed E-state index contributed by atoms with van der Waals surface area (Å²) in [6, 6.07) is 0. The van der Waals surface area contributed by atoms with E-state index in [0.29, 0.717) is 5.92 Å². The lowest BCUT2D eigenvalue weighted by Crippen LogP contribution is -2.24. The Labute approximate surface area is 55.8 Å². The maximum absolute atomic E-state index is 8.36. The first-order valence-corrected chi connectivity index (χ1v) is 3.65. The van der Waals surface area contributed by atoms with Crippen molar-refractivity contribution in [1.82, 2.24) is 0 Å². The maximum Gasteiger partial charge on any atom is 0.0952 e. The topological polar surface area (TPSA) is 29.5 Å². The molecule has 0 aromatic heterocycles. The molecule has 0 aromatic rings. The average molecular weight is 130 g/mol. The molecule has 0 unspecified atom stereocenters. The van der Waals surface area contributed by atoms with Crippen LogP contribution in [0.2, 0.25) is 0 Å². The van der Waals surface area contributed by atoms with Crippen molar-refractivity contribution < 1.29 is 10.1 Å². The third-order valence-electron chi connectivity index (χ3n) is 2.17. The molecule has 0 amide bonds. The van der Waals surface area contributed by atoms with Gasteiger partial charge >= 0.3 is 0 Å². The summed E-state index contributed by atoms with van der Waals surface area (Å²) in [5, 5.41) is 8.36. The van der Waals surface area contributed by atoms with Crippen LogP contribution in [-0.4, -0.2) is 11.4 Å². The van der Waals surface area contributed by atoms with Crippen molar-refractivity contribution in [3.05, 3.63) is 0 Å². The molecule has 0 saturated heterocycles. The molecule has 0 aliphatic heterocycles. The van der Waals surface area contributed by atoms with E-state index in [9.17, 15) is 0 Å². The van der Waals surface area contributed by atoms with Crippen molar-refractivity contribution >= 4 is 0 Å². The van der Waals surface area contributed by atoms with E-state index in [2.05, 4.69) is 11.8 Å². The smallest absolute Gasteiger partial charge is 0.0952 e. The van der Waals surface area contributed by atoms with Crippen LogP contribution < -0.4 is 0 Å². The fourth-order valence-corrected chi connectivity index (χ4v) is 1.44. The van der Waals surface area contributed by atoms with Gasteiger partial charge in [-0.1, -0.05) is 19.8 Å². The third-order valence-corrected chi connectivity index (χ3v) is 2.17. The van der Waals surface area contributed by atoms with E-state index >= 15 is 0 Å². The van der Waals surface area contributed by atoms with E-state index in [0.717, 1.165) is 6.42 Å². The minimum absolute atomic E-state index is 0.110. The highest BCUT2D eigenvalue weighted by Crippen LogP contribution is 2.25. The fraction of sp³-hybridized carbons (Fsp3) is 1.00. The second-order valence-corrected chi connectivity index (χ2v) is 2.91. The first-order chi connectivity index (χ1) is 4.34. The second kappa shape index (κ2) is 3.18. The van der Waals surface area contributed by atoms with Crippen molar-refractivity contribution in [2.75, 3.05) is 0 Å². The monoisotopic (exact) mass is 130 g/mol. The summed E-state index contributed by atoms with van der Waals surface area (Å²) in [4.78, 5) is 4.30. The molecule has 1 N–H and O–H groups in total. The quantitative estimate of drug-likeness (QED) is 0.435. The van der Waals surface area contributed by atoms with Gasteiger partial charge in [0, 0.05) is 0 Å². The maximum atomic E-state index is 8.36. The lowest BCUT2D eigenvalue weighted by molar-refractivity contribution is -0.293. The van der Waals surface area contributed by atoms with Gasteiger partial charge in [0.05, 0.1) is 6.10 Å². The van der Waals surface area contributed by atoms with Crippen molar-refractivity contribution in [3.63, 3.8) is 0 Å². The molecule has 9 heavy (non-hydrogen) atoms. The van der Waals surface area contributed by atoms with E-state index in [1.165, 1.54) is 19.3 Å². The lowest BCUT2D eigenvalue weighted by Gasteiger charge is -2.25. The van der Waals surface area contributed by atoms with Gasteiger partial charge < -0.3 is 0 Å². The minimum Gasteiger partial charge on any atom is -0.252 e. The largest absolute Gasteiger partial charge is 0.252 e. The molecule has 2 nitrogen and oxygen atoms in total. The summed E-state index contributed by atoms with van der Waals surface area (Å²) in [6.45, 7) is 2.13. The van der Waals surface area contributed by atoms with E-state index in [1.54, 1.807) is 0 Å². The van der Waals surface area contributed by atoms with E-state index < -0.39 is 0 Å². The van der Waals surface area contributed by atoms with Crippen LogP contribution in [0.5, 0.6) is 0 Å². The molecule has 1 aliphatic rings. The summed E-state index contributed by atoms with van der Waals surface area (Å²) in [6.07, 6.45) is 4.83. The van der Waals surface area contributed by atoms with Gasteiger partial charge in [-0.25, -0.2) is 4.89 Å². The Morgan fingerprint density at radius 2 is 2.00 bits per heavy atom. The van der Waals surface area contributed by atoms with Crippen LogP contribution in [-0.2, 0) is 4.89 Å². The summed E-state index contributed by atoms with van der Waals surface area (Å²) in [5.41, 5.74) is 0. The van der Waals surface area contributed by atoms with Crippen LogP contribution in [0.3, 0.4) is 0 Å². The van der Waals surface area contributed by atoms with Crippen LogP contribution in [0.25, 0.3) is 0 Å². The van der Waals surface area contributed by atoms with Crippen LogP contribution in [0.15, 0.2) is 0 Å². The zero-order valence-corrected chi connectivity index (χ0v) is 5.84. The zero-order chi connectivity index (χ0) is 6.69. The molecule has 1 fully saturated rings. The molecule has 1 aliphatic carbocycles. The average Bonchev–Trinajstić information content (AvgIpc) is 1.89. The highest BCUT2D eigenvalue weighted by molar-refractivity contribution is 4.70. The Morgan fingerprint density at radius 1 is 1.33 bits per heavy atom. The third kappa shape index (κ3) is 1.66. The summed E-state index contributed by atoms with van der Waals surface area (Å²) in [5.74, 6) is 0.545. The fourth-order valence-electron chi connectivity index (χ4n) is 1.44. The van der Waals surface area contributed by atoms with E-state index in [-0.39, 0.29) is 6.10 Å². The molecule has 2 atom stereocenters. The molecule has 1 saturated carbocycles. The predicted octanol–water partition coefficient (Wildman–Crippen LogP) is 2.05. The van der Waals surface area contributed by atoms with Crippen LogP contribution in [0.1, 0.15) is 32.6 Å². The molecule has 0 aromatic carbocycles. The standard InChI is InChI=1S/C7H14O2/c1-6-4-2-3-5-7(6)9-8/h6-8H,2-5H2,1H3/t6-,7-/m0/s1. The Morgan fingerprint density at radius 3 is 2.44 bits per heavy atom. The Balaban J connectivity index is 2.30. The first kappa shape index (κ1) is 7.03. The molecule has 0 heterocycles. The molecule has 1 rings (SSSR count). The molecular weight excluding hydrogens is 116 g/mol. The van der Waals surface area contributed by atoms with Crippen molar-refractivity contribution in [2.45, 2.75) is 38.7 Å². The number of hydrogen-bond acceptors (Lipinski definition) is 2. The Hall–Kier alpha value is -0.0800. The molecule has 0 bridgehead atoms. The van der Waals surface area contributed by atoms with Gasteiger partial charge in [0.1, 0.15) is 0 Å². The Bertz CT molecular complexity index is 83.0. The molecule has 0 spiro atoms. The highest BCUT2D eigenvalue weighted by Gasteiger charge is 2.21. The zero-order valence-electron chi connectivity index (χ0n) is 5.84. The van der Waals surface area contributed by atoms with Gasteiger partial charge in [0.25, 0.3) is 0 Å². The van der Waals surface area contributed by atoms with Gasteiger partial charge in [-0.2, -0.15) is 0 Å². The van der Waals surface area contributed by atoms with Crippen molar-refractivity contribution in [2.24, 2.45) is 5.92 Å². The van der Waals surface area contributed by atoms with Crippen molar-refractivity contribution in [1.29, 1.82) is 0 Å². The van der Waals surface area contributed by atoms with Crippen LogP contribution >= 0.6 is 0 Å². The van der Waals surface area contributed by atoms with Gasteiger partial charge in [-0.05, 0) is 18.8 Å². The normalized spacial score (nSPS) is 36.7. The summed E-state index contributed by atoms with van der Waals surface area (Å²) < 4.78 is 0. The van der Waals surface area contributed by atoms with E-state index in [4.69, 9.17) is 5.26 Å². The summed E-state index contributed by atoms with van der Waals surface area (Å²) in [7, 11) is 0. The van der Waals surface area contributed by atoms with Gasteiger partial charge in [0.2, 0.25) is 0 Å². The van der Waals surface area contributed by atoms with Crippen LogP contribution in [0.4, 0.5) is 0 Å². The highest BCUT2D eigenvalue weighted by atomic mass is 17.1. The number of rotatable bonds is 1. The summed E-state index contributed by atoms with van der Waals surface area (Å²) >= 11 is 0. The number of hydrogen-bond donors (Lipinski definition) is 1.